The first-order valence-corrected chi connectivity index (χ1v) is 10.8. The summed E-state index contributed by atoms with van der Waals surface area (Å²) in [5.41, 5.74) is 0.289. The highest BCUT2D eigenvalue weighted by Crippen LogP contribution is 2.31. The number of carbonyl (C=O) groups is 2. The van der Waals surface area contributed by atoms with Crippen molar-refractivity contribution in [2.24, 2.45) is 0 Å². The molecule has 2 atom stereocenters. The summed E-state index contributed by atoms with van der Waals surface area (Å²) in [7, 11) is 0. The Balaban J connectivity index is 2.08. The molecule has 8 heteroatoms. The summed E-state index contributed by atoms with van der Waals surface area (Å²) in [6.45, 7) is 5.48. The molecule has 1 aliphatic rings. The van der Waals surface area contributed by atoms with Crippen LogP contribution >= 0.6 is 0 Å². The van der Waals surface area contributed by atoms with Gasteiger partial charge in [-0.2, -0.15) is 5.26 Å². The number of nitrogens with zero attached hydrogens (tertiary/aromatic N) is 2. The van der Waals surface area contributed by atoms with Crippen LogP contribution in [0.4, 0.5) is 13.6 Å². The van der Waals surface area contributed by atoms with Crippen LogP contribution in [0.2, 0.25) is 0 Å². The highest BCUT2D eigenvalue weighted by atomic mass is 19.1. The Morgan fingerprint density at radius 1 is 1.06 bits per heavy atom. The fourth-order valence-electron chi connectivity index (χ4n) is 3.98. The Hall–Kier alpha value is -3.47. The van der Waals surface area contributed by atoms with E-state index in [1.165, 1.54) is 53.4 Å². The molecule has 0 saturated carbocycles. The third kappa shape index (κ3) is 6.07. The molecule has 2 aromatic rings. The van der Waals surface area contributed by atoms with Crippen LogP contribution in [0.5, 0.6) is 0 Å². The third-order valence-corrected chi connectivity index (χ3v) is 5.41. The van der Waals surface area contributed by atoms with Gasteiger partial charge in [-0.15, -0.1) is 0 Å². The van der Waals surface area contributed by atoms with E-state index >= 15 is 0 Å². The monoisotopic (exact) mass is 455 g/mol. The largest absolute Gasteiger partial charge is 0.444 e. The van der Waals surface area contributed by atoms with E-state index in [0.29, 0.717) is 30.5 Å². The van der Waals surface area contributed by atoms with Crippen molar-refractivity contribution in [3.63, 3.8) is 0 Å². The highest BCUT2D eigenvalue weighted by Gasteiger charge is 2.40. The number of hydrogen-bond acceptors (Lipinski definition) is 4. The van der Waals surface area contributed by atoms with Gasteiger partial charge in [-0.25, -0.2) is 13.6 Å². The Kier molecular flexibility index (Phi) is 7.32. The summed E-state index contributed by atoms with van der Waals surface area (Å²) in [5, 5.41) is 12.2. The maximum absolute atomic E-state index is 13.7. The van der Waals surface area contributed by atoms with E-state index in [1.807, 2.05) is 0 Å². The van der Waals surface area contributed by atoms with Crippen molar-refractivity contribution < 1.29 is 23.1 Å². The molecule has 174 valence electrons. The topological polar surface area (TPSA) is 82.4 Å². The molecule has 33 heavy (non-hydrogen) atoms. The molecule has 1 fully saturated rings. The fraction of sp³-hybridized carbons (Fsp3) is 0.400. The second-order valence-corrected chi connectivity index (χ2v) is 9.02. The molecule has 1 heterocycles. The van der Waals surface area contributed by atoms with E-state index in [4.69, 9.17) is 4.74 Å². The zero-order valence-electron chi connectivity index (χ0n) is 18.8. The van der Waals surface area contributed by atoms with Gasteiger partial charge in [0.05, 0.1) is 6.07 Å². The van der Waals surface area contributed by atoms with Gasteiger partial charge in [0, 0.05) is 12.5 Å². The summed E-state index contributed by atoms with van der Waals surface area (Å²) < 4.78 is 32.7. The van der Waals surface area contributed by atoms with Crippen LogP contribution in [0, 0.1) is 23.0 Å². The second-order valence-electron chi connectivity index (χ2n) is 9.02. The molecule has 1 unspecified atom stereocenters. The summed E-state index contributed by atoms with van der Waals surface area (Å²) >= 11 is 0. The molecule has 0 spiro atoms. The predicted octanol–water partition coefficient (Wildman–Crippen LogP) is 4.50. The second kappa shape index (κ2) is 9.99. The van der Waals surface area contributed by atoms with Crippen LogP contribution in [-0.4, -0.2) is 41.1 Å². The van der Waals surface area contributed by atoms with Crippen LogP contribution < -0.4 is 5.32 Å². The molecule has 0 radical (unpaired) electrons. The fourth-order valence-corrected chi connectivity index (χ4v) is 3.98. The molecule has 0 bridgehead atoms. The van der Waals surface area contributed by atoms with Crippen molar-refractivity contribution in [3.8, 4) is 6.07 Å². The Bertz CT molecular complexity index is 981. The van der Waals surface area contributed by atoms with Gasteiger partial charge in [0.1, 0.15) is 29.3 Å². The Morgan fingerprint density at radius 3 is 2.03 bits per heavy atom. The quantitative estimate of drug-likeness (QED) is 0.720. The SMILES string of the molecule is CC(C)(C)OC(=O)N[C@H](C(=O)N1CCCC1C#N)C(c1ccc(F)cc1)c1ccc(F)cc1. The molecule has 1 saturated heterocycles. The first kappa shape index (κ1) is 24.2. The minimum absolute atomic E-state index is 0.378. The number of alkyl carbamates (subject to hydrolysis) is 1. The lowest BCUT2D eigenvalue weighted by Gasteiger charge is -2.33. The zero-order chi connectivity index (χ0) is 24.2. The minimum Gasteiger partial charge on any atom is -0.444 e. The standard InChI is InChI=1S/C25H27F2N3O3/c1-25(2,3)33-24(32)29-22(23(31)30-14-4-5-20(30)15-28)21(16-6-10-18(26)11-7-16)17-8-12-19(27)13-9-17/h6-13,20-22H,4-5,14H2,1-3H3,(H,29,32)/t20?,22-/m0/s1. The van der Waals surface area contributed by atoms with Gasteiger partial charge < -0.3 is 15.0 Å². The van der Waals surface area contributed by atoms with E-state index in [2.05, 4.69) is 11.4 Å². The number of amides is 2. The van der Waals surface area contributed by atoms with Crippen LogP contribution in [-0.2, 0) is 9.53 Å². The van der Waals surface area contributed by atoms with Crippen molar-refractivity contribution in [1.29, 1.82) is 5.26 Å². The molecule has 2 aromatic carbocycles. The summed E-state index contributed by atoms with van der Waals surface area (Å²) in [4.78, 5) is 27.9. The molecule has 1 N–H and O–H groups in total. The van der Waals surface area contributed by atoms with Gasteiger partial charge in [-0.05, 0) is 69.0 Å². The maximum Gasteiger partial charge on any atom is 0.408 e. The lowest BCUT2D eigenvalue weighted by molar-refractivity contribution is -0.133. The van der Waals surface area contributed by atoms with Crippen LogP contribution in [0.1, 0.15) is 50.7 Å². The van der Waals surface area contributed by atoms with Gasteiger partial charge in [0.15, 0.2) is 0 Å². The number of rotatable bonds is 5. The lowest BCUT2D eigenvalue weighted by Crippen LogP contribution is -2.53. The van der Waals surface area contributed by atoms with Gasteiger partial charge in [0.2, 0.25) is 5.91 Å². The normalized spacial score (nSPS) is 16.9. The zero-order valence-corrected chi connectivity index (χ0v) is 18.8. The van der Waals surface area contributed by atoms with Crippen molar-refractivity contribution in [2.75, 3.05) is 6.54 Å². The summed E-state index contributed by atoms with van der Waals surface area (Å²) in [5.74, 6) is -2.14. The van der Waals surface area contributed by atoms with E-state index in [0.717, 1.165) is 0 Å². The van der Waals surface area contributed by atoms with Crippen LogP contribution in [0.15, 0.2) is 48.5 Å². The van der Waals surface area contributed by atoms with E-state index in [-0.39, 0.29) is 0 Å². The number of carbonyl (C=O) groups excluding carboxylic acids is 2. The first-order valence-electron chi connectivity index (χ1n) is 10.8. The number of likely N-dealkylation sites (tertiary alicyclic amines) is 1. The van der Waals surface area contributed by atoms with Crippen molar-refractivity contribution in [2.45, 2.75) is 57.2 Å². The highest BCUT2D eigenvalue weighted by molar-refractivity contribution is 5.88. The van der Waals surface area contributed by atoms with Crippen molar-refractivity contribution in [3.05, 3.63) is 71.3 Å². The molecule has 6 nitrogen and oxygen atoms in total. The summed E-state index contributed by atoms with van der Waals surface area (Å²) in [6, 6.07) is 11.5. The molecule has 0 aliphatic carbocycles. The van der Waals surface area contributed by atoms with E-state index < -0.39 is 47.2 Å². The molecular weight excluding hydrogens is 428 g/mol. The molecule has 3 rings (SSSR count). The van der Waals surface area contributed by atoms with E-state index in [9.17, 15) is 23.6 Å². The predicted molar refractivity (Wildman–Crippen MR) is 118 cm³/mol. The average Bonchev–Trinajstić information content (AvgIpc) is 3.23. The molecular formula is C25H27F2N3O3. The van der Waals surface area contributed by atoms with Gasteiger partial charge in [0.25, 0.3) is 0 Å². The molecule has 0 aromatic heterocycles. The van der Waals surface area contributed by atoms with Gasteiger partial charge in [-0.3, -0.25) is 4.79 Å². The Labute approximate surface area is 192 Å². The number of nitriles is 1. The number of benzene rings is 2. The first-order chi connectivity index (χ1) is 15.6. The molecule has 2 amide bonds. The van der Waals surface area contributed by atoms with Crippen LogP contribution in [0.25, 0.3) is 0 Å². The van der Waals surface area contributed by atoms with Gasteiger partial charge in [-0.1, -0.05) is 24.3 Å². The lowest BCUT2D eigenvalue weighted by atomic mass is 9.84. The summed E-state index contributed by atoms with van der Waals surface area (Å²) in [6.07, 6.45) is 0.405. The number of ether oxygens (including phenoxy) is 1. The van der Waals surface area contributed by atoms with Crippen molar-refractivity contribution in [1.82, 2.24) is 10.2 Å². The number of hydrogen-bond donors (Lipinski definition) is 1. The van der Waals surface area contributed by atoms with Crippen LogP contribution in [0.3, 0.4) is 0 Å². The molecule has 1 aliphatic heterocycles. The van der Waals surface area contributed by atoms with Gasteiger partial charge >= 0.3 is 6.09 Å². The van der Waals surface area contributed by atoms with E-state index in [1.54, 1.807) is 20.8 Å². The number of halogens is 2. The smallest absolute Gasteiger partial charge is 0.408 e. The minimum atomic E-state index is -1.16. The third-order valence-electron chi connectivity index (χ3n) is 5.41. The van der Waals surface area contributed by atoms with Crippen molar-refractivity contribution >= 4 is 12.0 Å². The Morgan fingerprint density at radius 2 is 1.58 bits per heavy atom. The number of nitrogens with one attached hydrogen (secondary N) is 1. The average molecular weight is 456 g/mol. The maximum atomic E-state index is 13.7.